The topological polar surface area (TPSA) is 66.8 Å². The number of hydrogen-bond donors (Lipinski definition) is 2. The van der Waals surface area contributed by atoms with Crippen molar-refractivity contribution in [3.63, 3.8) is 0 Å². The van der Waals surface area contributed by atoms with E-state index < -0.39 is 11.1 Å². The Kier molecular flexibility index (Phi) is 3.41. The molecule has 0 spiro atoms. The van der Waals surface area contributed by atoms with Crippen LogP contribution in [0.5, 0.6) is 17.2 Å². The Morgan fingerprint density at radius 1 is 0.941 bits per heavy atom. The third kappa shape index (κ3) is 2.64. The van der Waals surface area contributed by atoms with Gasteiger partial charge in [0.15, 0.2) is 22.6 Å². The van der Waals surface area contributed by atoms with Crippen LogP contribution in [-0.2, 0) is 11.1 Å². The van der Waals surface area contributed by atoms with E-state index in [4.69, 9.17) is 9.29 Å². The zero-order valence-corrected chi connectivity index (χ0v) is 9.55. The van der Waals surface area contributed by atoms with E-state index in [1.807, 2.05) is 0 Å². The van der Waals surface area contributed by atoms with Gasteiger partial charge < -0.3 is 14.4 Å². The van der Waals surface area contributed by atoms with E-state index >= 15 is 0 Å². The first-order chi connectivity index (χ1) is 8.18. The molecule has 0 saturated heterocycles. The molecule has 0 amide bonds. The molecule has 4 nitrogen and oxygen atoms in total. The van der Waals surface area contributed by atoms with E-state index in [0.29, 0.717) is 0 Å². The van der Waals surface area contributed by atoms with Crippen molar-refractivity contribution in [2.24, 2.45) is 0 Å². The standard InChI is InChI=1S/C12H10O4S/c13-9-5-1-2-6-10(9)16-11-7-3-4-8-12(11)17(14)15/h1-8,13H,(H,14,15). The second kappa shape index (κ2) is 4.99. The lowest BCUT2D eigenvalue weighted by Gasteiger charge is -2.09. The van der Waals surface area contributed by atoms with Gasteiger partial charge in [0.1, 0.15) is 10.6 Å². The molecule has 2 aromatic rings. The molecular formula is C12H10O4S. The summed E-state index contributed by atoms with van der Waals surface area (Å²) in [5.74, 6) is 0.464. The van der Waals surface area contributed by atoms with Crippen molar-refractivity contribution in [1.29, 1.82) is 0 Å². The molecule has 2 aromatic carbocycles. The van der Waals surface area contributed by atoms with Crippen LogP contribution in [-0.4, -0.2) is 13.9 Å². The average Bonchev–Trinajstić information content (AvgIpc) is 2.32. The summed E-state index contributed by atoms with van der Waals surface area (Å²) in [4.78, 5) is 0.163. The maximum atomic E-state index is 11.1. The molecule has 17 heavy (non-hydrogen) atoms. The number of rotatable bonds is 3. The SMILES string of the molecule is O=S(O)c1ccccc1Oc1ccccc1O. The number of hydrogen-bond acceptors (Lipinski definition) is 3. The number of aromatic hydroxyl groups is 1. The molecule has 0 aliphatic carbocycles. The summed E-state index contributed by atoms with van der Waals surface area (Å²) >= 11 is -2.13. The molecule has 1 atom stereocenters. The van der Waals surface area contributed by atoms with Crippen LogP contribution < -0.4 is 4.74 Å². The summed E-state index contributed by atoms with van der Waals surface area (Å²) in [6.45, 7) is 0. The molecule has 0 radical (unpaired) electrons. The fraction of sp³-hybridized carbons (Fsp3) is 0. The van der Waals surface area contributed by atoms with Crippen LogP contribution in [0.4, 0.5) is 0 Å². The highest BCUT2D eigenvalue weighted by Crippen LogP contribution is 2.32. The van der Waals surface area contributed by atoms with Crippen molar-refractivity contribution < 1.29 is 18.6 Å². The van der Waals surface area contributed by atoms with Gasteiger partial charge in [-0.1, -0.05) is 24.3 Å². The maximum absolute atomic E-state index is 11.1. The molecule has 88 valence electrons. The Bertz CT molecular complexity index is 554. The molecule has 2 N–H and O–H groups in total. The summed E-state index contributed by atoms with van der Waals surface area (Å²) in [5.41, 5.74) is 0. The van der Waals surface area contributed by atoms with Crippen molar-refractivity contribution in [3.8, 4) is 17.2 Å². The van der Waals surface area contributed by atoms with Gasteiger partial charge in [-0.25, -0.2) is 4.21 Å². The number of phenolic OH excluding ortho intramolecular Hbond substituents is 1. The minimum Gasteiger partial charge on any atom is -0.504 e. The van der Waals surface area contributed by atoms with Gasteiger partial charge in [0, 0.05) is 0 Å². The van der Waals surface area contributed by atoms with Crippen LogP contribution in [0.25, 0.3) is 0 Å². The molecule has 5 heteroatoms. The number of para-hydroxylation sites is 3. The van der Waals surface area contributed by atoms with E-state index in [0.717, 1.165) is 0 Å². The van der Waals surface area contributed by atoms with E-state index in [-0.39, 0.29) is 22.1 Å². The predicted octanol–water partition coefficient (Wildman–Crippen LogP) is 2.77. The van der Waals surface area contributed by atoms with Gasteiger partial charge in [0.2, 0.25) is 0 Å². The van der Waals surface area contributed by atoms with Crippen LogP contribution >= 0.6 is 0 Å². The molecule has 0 aliphatic heterocycles. The Labute approximate surface area is 101 Å². The van der Waals surface area contributed by atoms with Gasteiger partial charge in [0.05, 0.1) is 0 Å². The zero-order chi connectivity index (χ0) is 12.3. The monoisotopic (exact) mass is 250 g/mol. The Balaban J connectivity index is 2.37. The van der Waals surface area contributed by atoms with E-state index in [1.54, 1.807) is 36.4 Å². The smallest absolute Gasteiger partial charge is 0.190 e. The first-order valence-electron chi connectivity index (χ1n) is 4.84. The molecule has 1 unspecified atom stereocenters. The molecular weight excluding hydrogens is 240 g/mol. The highest BCUT2D eigenvalue weighted by molar-refractivity contribution is 7.79. The largest absolute Gasteiger partial charge is 0.504 e. The first-order valence-corrected chi connectivity index (χ1v) is 5.95. The highest BCUT2D eigenvalue weighted by Gasteiger charge is 2.10. The fourth-order valence-corrected chi connectivity index (χ4v) is 1.82. The number of phenols is 1. The van der Waals surface area contributed by atoms with Gasteiger partial charge in [-0.05, 0) is 24.3 Å². The minimum absolute atomic E-state index is 0.0222. The quantitative estimate of drug-likeness (QED) is 0.822. The fourth-order valence-electron chi connectivity index (χ4n) is 1.34. The number of ether oxygens (including phenoxy) is 1. The Morgan fingerprint density at radius 3 is 2.18 bits per heavy atom. The molecule has 0 aliphatic rings. The molecule has 0 bridgehead atoms. The van der Waals surface area contributed by atoms with Crippen molar-refractivity contribution in [3.05, 3.63) is 48.5 Å². The van der Waals surface area contributed by atoms with Gasteiger partial charge in [-0.2, -0.15) is 0 Å². The highest BCUT2D eigenvalue weighted by atomic mass is 32.2. The summed E-state index contributed by atoms with van der Waals surface area (Å²) in [6.07, 6.45) is 0. The predicted molar refractivity (Wildman–Crippen MR) is 63.7 cm³/mol. The molecule has 0 fully saturated rings. The summed E-state index contributed by atoms with van der Waals surface area (Å²) in [6, 6.07) is 12.8. The molecule has 0 aromatic heterocycles. The molecule has 0 saturated carbocycles. The normalized spacial score (nSPS) is 12.1. The van der Waals surface area contributed by atoms with Crippen LogP contribution in [0.2, 0.25) is 0 Å². The zero-order valence-electron chi connectivity index (χ0n) is 8.74. The minimum atomic E-state index is -2.13. The third-order valence-corrected chi connectivity index (χ3v) is 2.84. The van der Waals surface area contributed by atoms with Gasteiger partial charge in [-0.3, -0.25) is 0 Å². The third-order valence-electron chi connectivity index (χ3n) is 2.12. The van der Waals surface area contributed by atoms with Crippen LogP contribution in [0.15, 0.2) is 53.4 Å². The Morgan fingerprint density at radius 2 is 1.53 bits per heavy atom. The lowest BCUT2D eigenvalue weighted by Crippen LogP contribution is -1.93. The average molecular weight is 250 g/mol. The summed E-state index contributed by atoms with van der Waals surface area (Å²) in [7, 11) is 0. The van der Waals surface area contributed by atoms with Gasteiger partial charge in [0.25, 0.3) is 0 Å². The van der Waals surface area contributed by atoms with Crippen LogP contribution in [0.1, 0.15) is 0 Å². The van der Waals surface area contributed by atoms with Crippen molar-refractivity contribution in [1.82, 2.24) is 0 Å². The van der Waals surface area contributed by atoms with Crippen molar-refractivity contribution in [2.45, 2.75) is 4.90 Å². The maximum Gasteiger partial charge on any atom is 0.190 e. The Hall–Kier alpha value is -1.85. The molecule has 2 rings (SSSR count). The first kappa shape index (κ1) is 11.6. The second-order valence-corrected chi connectivity index (χ2v) is 4.20. The lowest BCUT2D eigenvalue weighted by atomic mass is 10.3. The van der Waals surface area contributed by atoms with Gasteiger partial charge >= 0.3 is 0 Å². The van der Waals surface area contributed by atoms with Crippen molar-refractivity contribution in [2.75, 3.05) is 0 Å². The second-order valence-electron chi connectivity index (χ2n) is 3.27. The number of benzene rings is 2. The molecule has 0 heterocycles. The van der Waals surface area contributed by atoms with E-state index in [2.05, 4.69) is 0 Å². The van der Waals surface area contributed by atoms with E-state index in [9.17, 15) is 9.32 Å². The summed E-state index contributed by atoms with van der Waals surface area (Å²) in [5, 5.41) is 9.54. The van der Waals surface area contributed by atoms with Crippen LogP contribution in [0.3, 0.4) is 0 Å². The van der Waals surface area contributed by atoms with Gasteiger partial charge in [-0.15, -0.1) is 0 Å². The van der Waals surface area contributed by atoms with Crippen molar-refractivity contribution >= 4 is 11.1 Å². The van der Waals surface area contributed by atoms with E-state index in [1.165, 1.54) is 12.1 Å². The lowest BCUT2D eigenvalue weighted by molar-refractivity contribution is 0.405. The van der Waals surface area contributed by atoms with Crippen LogP contribution in [0, 0.1) is 0 Å². The summed E-state index contributed by atoms with van der Waals surface area (Å²) < 4.78 is 25.5.